The molecule has 1 aliphatic rings. The molecule has 16 heavy (non-hydrogen) atoms. The molecule has 0 spiro atoms. The van der Waals surface area contributed by atoms with Crippen molar-refractivity contribution < 1.29 is 0 Å². The zero-order chi connectivity index (χ0) is 11.3. The van der Waals surface area contributed by atoms with E-state index >= 15 is 0 Å². The van der Waals surface area contributed by atoms with E-state index in [1.165, 1.54) is 38.9 Å². The molecule has 2 aromatic carbocycles. The first-order chi connectivity index (χ1) is 7.68. The molecule has 0 radical (unpaired) electrons. The smallest absolute Gasteiger partial charge is 0.00107 e. The first-order valence-electron chi connectivity index (χ1n) is 5.86. The predicted octanol–water partition coefficient (Wildman–Crippen LogP) is 4.18. The molecule has 0 saturated carbocycles. The van der Waals surface area contributed by atoms with Crippen molar-refractivity contribution in [2.75, 3.05) is 0 Å². The molecule has 80 valence electrons. The van der Waals surface area contributed by atoms with Gasteiger partial charge in [0.1, 0.15) is 0 Å². The molecule has 0 aliphatic heterocycles. The monoisotopic (exact) mass is 208 g/mol. The summed E-state index contributed by atoms with van der Waals surface area (Å²) in [5.41, 5.74) is 10.2. The molecule has 0 heteroatoms. The van der Waals surface area contributed by atoms with Gasteiger partial charge in [0.25, 0.3) is 0 Å². The van der Waals surface area contributed by atoms with Crippen LogP contribution in [0.1, 0.15) is 27.8 Å². The molecular formula is C16H16. The standard InChI is InChI=1S/C16H16/c1-10-7-8-13-9-15-11(2)5-4-6-14(15)16(13)12(10)3/h4-8H,9H2,1-3H3. The van der Waals surface area contributed by atoms with Crippen molar-refractivity contribution in [3.63, 3.8) is 0 Å². The molecule has 3 rings (SSSR count). The Morgan fingerprint density at radius 2 is 1.69 bits per heavy atom. The van der Waals surface area contributed by atoms with Crippen molar-refractivity contribution in [2.45, 2.75) is 27.2 Å². The Kier molecular flexibility index (Phi) is 1.94. The number of rotatable bonds is 0. The van der Waals surface area contributed by atoms with E-state index in [1.807, 2.05) is 0 Å². The second-order valence-electron chi connectivity index (χ2n) is 4.82. The zero-order valence-corrected chi connectivity index (χ0v) is 10.1. The van der Waals surface area contributed by atoms with E-state index in [2.05, 4.69) is 51.1 Å². The Hall–Kier alpha value is -1.56. The van der Waals surface area contributed by atoms with E-state index < -0.39 is 0 Å². The van der Waals surface area contributed by atoms with Gasteiger partial charge >= 0.3 is 0 Å². The summed E-state index contributed by atoms with van der Waals surface area (Å²) in [6, 6.07) is 11.2. The van der Waals surface area contributed by atoms with Crippen molar-refractivity contribution in [3.8, 4) is 11.1 Å². The number of benzene rings is 2. The molecule has 0 amide bonds. The van der Waals surface area contributed by atoms with E-state index in [0.717, 1.165) is 6.42 Å². The lowest BCUT2D eigenvalue weighted by Gasteiger charge is -2.08. The highest BCUT2D eigenvalue weighted by molar-refractivity contribution is 5.81. The molecular weight excluding hydrogens is 192 g/mol. The van der Waals surface area contributed by atoms with Gasteiger partial charge in [0.05, 0.1) is 0 Å². The van der Waals surface area contributed by atoms with E-state index in [4.69, 9.17) is 0 Å². The van der Waals surface area contributed by atoms with Crippen molar-refractivity contribution in [2.24, 2.45) is 0 Å². The Morgan fingerprint density at radius 3 is 2.50 bits per heavy atom. The molecule has 0 heterocycles. The molecule has 0 bridgehead atoms. The minimum atomic E-state index is 1.11. The van der Waals surface area contributed by atoms with Gasteiger partial charge in [-0.1, -0.05) is 30.3 Å². The quantitative estimate of drug-likeness (QED) is 0.520. The third-order valence-electron chi connectivity index (χ3n) is 3.87. The Morgan fingerprint density at radius 1 is 0.875 bits per heavy atom. The highest BCUT2D eigenvalue weighted by Gasteiger charge is 2.21. The third-order valence-corrected chi connectivity index (χ3v) is 3.87. The molecule has 0 nitrogen and oxygen atoms in total. The molecule has 0 N–H and O–H groups in total. The highest BCUT2D eigenvalue weighted by atomic mass is 14.2. The molecule has 0 saturated heterocycles. The zero-order valence-electron chi connectivity index (χ0n) is 10.1. The normalized spacial score (nSPS) is 12.4. The molecule has 1 aliphatic carbocycles. The van der Waals surface area contributed by atoms with Crippen molar-refractivity contribution in [1.82, 2.24) is 0 Å². The van der Waals surface area contributed by atoms with Gasteiger partial charge < -0.3 is 0 Å². The van der Waals surface area contributed by atoms with Crippen LogP contribution in [0.15, 0.2) is 30.3 Å². The number of fused-ring (bicyclic) bond motifs is 3. The van der Waals surface area contributed by atoms with Gasteiger partial charge in [-0.2, -0.15) is 0 Å². The van der Waals surface area contributed by atoms with Crippen molar-refractivity contribution >= 4 is 0 Å². The summed E-state index contributed by atoms with van der Waals surface area (Å²) in [5.74, 6) is 0. The summed E-state index contributed by atoms with van der Waals surface area (Å²) in [5, 5.41) is 0. The van der Waals surface area contributed by atoms with Gasteiger partial charge in [0.15, 0.2) is 0 Å². The second-order valence-corrected chi connectivity index (χ2v) is 4.82. The lowest BCUT2D eigenvalue weighted by Crippen LogP contribution is -1.87. The van der Waals surface area contributed by atoms with Crippen LogP contribution in [0.4, 0.5) is 0 Å². The van der Waals surface area contributed by atoms with Gasteiger partial charge in [-0.15, -0.1) is 0 Å². The predicted molar refractivity (Wildman–Crippen MR) is 68.9 cm³/mol. The van der Waals surface area contributed by atoms with Gasteiger partial charge in [-0.3, -0.25) is 0 Å². The summed E-state index contributed by atoms with van der Waals surface area (Å²) < 4.78 is 0. The summed E-state index contributed by atoms with van der Waals surface area (Å²) in [7, 11) is 0. The Balaban J connectivity index is 2.36. The second kappa shape index (κ2) is 3.21. The van der Waals surface area contributed by atoms with E-state index in [-0.39, 0.29) is 0 Å². The average molecular weight is 208 g/mol. The van der Waals surface area contributed by atoms with Gasteiger partial charge in [0, 0.05) is 0 Å². The van der Waals surface area contributed by atoms with Crippen molar-refractivity contribution in [3.05, 3.63) is 58.1 Å². The van der Waals surface area contributed by atoms with E-state index in [9.17, 15) is 0 Å². The fraction of sp³-hybridized carbons (Fsp3) is 0.250. The third kappa shape index (κ3) is 1.16. The number of hydrogen-bond donors (Lipinski definition) is 0. The lowest BCUT2D eigenvalue weighted by molar-refractivity contribution is 1.21. The van der Waals surface area contributed by atoms with Crippen LogP contribution in [-0.2, 0) is 6.42 Å². The van der Waals surface area contributed by atoms with Gasteiger partial charge in [-0.25, -0.2) is 0 Å². The van der Waals surface area contributed by atoms with Crippen LogP contribution in [0.25, 0.3) is 11.1 Å². The van der Waals surface area contributed by atoms with E-state index in [1.54, 1.807) is 0 Å². The summed E-state index contributed by atoms with van der Waals surface area (Å²) >= 11 is 0. The van der Waals surface area contributed by atoms with Gasteiger partial charge in [-0.05, 0) is 66.1 Å². The molecule has 0 fully saturated rings. The summed E-state index contributed by atoms with van der Waals surface area (Å²) in [4.78, 5) is 0. The minimum Gasteiger partial charge on any atom is -0.0614 e. The van der Waals surface area contributed by atoms with Crippen LogP contribution in [0, 0.1) is 20.8 Å². The van der Waals surface area contributed by atoms with Crippen LogP contribution in [0.2, 0.25) is 0 Å². The number of aryl methyl sites for hydroxylation is 2. The minimum absolute atomic E-state index is 1.11. The maximum absolute atomic E-state index is 2.29. The fourth-order valence-electron chi connectivity index (χ4n) is 2.76. The average Bonchev–Trinajstić information content (AvgIpc) is 2.64. The molecule has 0 unspecified atom stereocenters. The largest absolute Gasteiger partial charge is 0.0614 e. The summed E-state index contributed by atoms with van der Waals surface area (Å²) in [6.45, 7) is 6.65. The highest BCUT2D eigenvalue weighted by Crippen LogP contribution is 2.40. The number of hydrogen-bond acceptors (Lipinski definition) is 0. The maximum atomic E-state index is 2.29. The van der Waals surface area contributed by atoms with Crippen LogP contribution >= 0.6 is 0 Å². The Labute approximate surface area is 96.9 Å². The lowest BCUT2D eigenvalue weighted by atomic mass is 9.96. The van der Waals surface area contributed by atoms with Gasteiger partial charge in [0.2, 0.25) is 0 Å². The first kappa shape index (κ1) is 9.65. The fourth-order valence-corrected chi connectivity index (χ4v) is 2.76. The van der Waals surface area contributed by atoms with Crippen molar-refractivity contribution in [1.29, 1.82) is 0 Å². The molecule has 2 aromatic rings. The van der Waals surface area contributed by atoms with Crippen LogP contribution < -0.4 is 0 Å². The van der Waals surface area contributed by atoms with Crippen LogP contribution in [0.5, 0.6) is 0 Å². The molecule has 0 atom stereocenters. The summed E-state index contributed by atoms with van der Waals surface area (Å²) in [6.07, 6.45) is 1.11. The first-order valence-corrected chi connectivity index (χ1v) is 5.86. The van der Waals surface area contributed by atoms with E-state index in [0.29, 0.717) is 0 Å². The molecule has 0 aromatic heterocycles. The SMILES string of the molecule is Cc1ccc2c(c1C)-c1cccc(C)c1C2. The maximum Gasteiger partial charge on any atom is -0.00107 e. The van der Waals surface area contributed by atoms with Crippen LogP contribution in [-0.4, -0.2) is 0 Å². The van der Waals surface area contributed by atoms with Crippen LogP contribution in [0.3, 0.4) is 0 Å². The Bertz CT molecular complexity index is 577. The topological polar surface area (TPSA) is 0 Å².